The van der Waals surface area contributed by atoms with Gasteiger partial charge in [-0.25, -0.2) is 5.43 Å². The van der Waals surface area contributed by atoms with Crippen molar-refractivity contribution in [2.75, 3.05) is 6.54 Å². The van der Waals surface area contributed by atoms with E-state index in [1.54, 1.807) is 0 Å². The maximum absolute atomic E-state index is 7.08. The van der Waals surface area contributed by atoms with E-state index in [1.165, 1.54) is 19.3 Å². The first-order valence-electron chi connectivity index (χ1n) is 6.28. The Kier molecular flexibility index (Phi) is 22.1. The Balaban J connectivity index is -0.00000144. The summed E-state index contributed by atoms with van der Waals surface area (Å²) in [6.45, 7) is 0.847. The highest BCUT2D eigenvalue weighted by atomic mass is 35.5. The first-order chi connectivity index (χ1) is 8.63. The van der Waals surface area contributed by atoms with Crippen molar-refractivity contribution in [3.63, 3.8) is 0 Å². The summed E-state index contributed by atoms with van der Waals surface area (Å²) in [5.41, 5.74) is 20.8. The number of hydrogen-bond acceptors (Lipinski definition) is 5. The van der Waals surface area contributed by atoms with E-state index in [4.69, 9.17) is 22.3 Å². The van der Waals surface area contributed by atoms with E-state index in [2.05, 4.69) is 21.9 Å². The summed E-state index contributed by atoms with van der Waals surface area (Å²) in [5.74, 6) is 0.145. The highest BCUT2D eigenvalue weighted by molar-refractivity contribution is 5.85. The zero-order chi connectivity index (χ0) is 13.6. The number of guanidine groups is 1. The Labute approximate surface area is 132 Å². The van der Waals surface area contributed by atoms with Crippen molar-refractivity contribution in [1.29, 1.82) is 10.8 Å². The van der Waals surface area contributed by atoms with Gasteiger partial charge in [0.15, 0.2) is 0 Å². The van der Waals surface area contributed by atoms with E-state index in [0.29, 0.717) is 0 Å². The minimum atomic E-state index is -0.144. The maximum Gasteiger partial charge on any atom is 0.201 e. The average molecular weight is 331 g/mol. The Bertz CT molecular complexity index is 215. The lowest BCUT2D eigenvalue weighted by Crippen LogP contribution is -2.54. The van der Waals surface area contributed by atoms with E-state index in [1.807, 2.05) is 0 Å². The number of halogens is 2. The standard InChI is InChI=1S/C10H26N8.2ClH/c11-9(12)7-5-3-1-2-4-6-8-15-17-18-16-10(13)14;;/h15,17-18H,1-8H2,(H3,11,12)(H4,13,14,16);2*1H. The molecule has 0 unspecified atom stereocenters. The molecule has 8 nitrogen and oxygen atoms in total. The molecule has 0 saturated heterocycles. The van der Waals surface area contributed by atoms with Gasteiger partial charge in [0.2, 0.25) is 5.96 Å². The fourth-order valence-corrected chi connectivity index (χ4v) is 1.44. The molecule has 0 spiro atoms. The molecule has 10 heteroatoms. The summed E-state index contributed by atoms with van der Waals surface area (Å²) >= 11 is 0. The molecule has 0 aromatic carbocycles. The zero-order valence-corrected chi connectivity index (χ0v) is 13.3. The molecular weight excluding hydrogens is 303 g/mol. The topological polar surface area (TPSA) is 148 Å². The van der Waals surface area contributed by atoms with Crippen molar-refractivity contribution in [2.45, 2.75) is 44.9 Å². The van der Waals surface area contributed by atoms with Crippen LogP contribution in [0.15, 0.2) is 0 Å². The second kappa shape index (κ2) is 18.2. The van der Waals surface area contributed by atoms with Crippen LogP contribution >= 0.6 is 24.8 Å². The molecule has 10 N–H and O–H groups in total. The first kappa shape index (κ1) is 24.2. The molecule has 0 aliphatic carbocycles. The molecule has 0 amide bonds. The van der Waals surface area contributed by atoms with Crippen molar-refractivity contribution in [2.24, 2.45) is 11.5 Å². The van der Waals surface area contributed by atoms with Gasteiger partial charge in [0.25, 0.3) is 0 Å². The normalized spacial score (nSPS) is 9.20. The molecule has 0 aromatic rings. The molecule has 0 heterocycles. The van der Waals surface area contributed by atoms with Gasteiger partial charge in [0.1, 0.15) is 0 Å². The first-order valence-corrected chi connectivity index (χ1v) is 6.28. The smallest absolute Gasteiger partial charge is 0.201 e. The third-order valence-corrected chi connectivity index (χ3v) is 2.35. The lowest BCUT2D eigenvalue weighted by atomic mass is 10.1. The Morgan fingerprint density at radius 1 is 0.800 bits per heavy atom. The highest BCUT2D eigenvalue weighted by Gasteiger charge is 1.93. The average Bonchev–Trinajstić information content (AvgIpc) is 2.29. The fourth-order valence-electron chi connectivity index (χ4n) is 1.44. The van der Waals surface area contributed by atoms with Crippen LogP contribution in [0.1, 0.15) is 44.9 Å². The number of unbranched alkanes of at least 4 members (excludes halogenated alkanes) is 5. The molecule has 0 bridgehead atoms. The van der Waals surface area contributed by atoms with Gasteiger partial charge in [0, 0.05) is 13.0 Å². The van der Waals surface area contributed by atoms with E-state index in [-0.39, 0.29) is 36.6 Å². The quantitative estimate of drug-likeness (QED) is 0.113. The lowest BCUT2D eigenvalue weighted by Gasteiger charge is -2.09. The number of rotatable bonds is 12. The van der Waals surface area contributed by atoms with Crippen LogP contribution in [-0.4, -0.2) is 18.3 Å². The van der Waals surface area contributed by atoms with E-state index < -0.39 is 0 Å². The molecule has 0 saturated carbocycles. The third kappa shape index (κ3) is 22.4. The molecule has 122 valence electrons. The summed E-state index contributed by atoms with van der Waals surface area (Å²) in [6.07, 6.45) is 7.56. The van der Waals surface area contributed by atoms with Gasteiger partial charge in [-0.1, -0.05) is 25.7 Å². The Morgan fingerprint density at radius 3 is 1.90 bits per heavy atom. The molecule has 0 aromatic heterocycles. The van der Waals surface area contributed by atoms with Gasteiger partial charge in [-0.3, -0.25) is 16.2 Å². The summed E-state index contributed by atoms with van der Waals surface area (Å²) in [5, 5.41) is 13.9. The second-order valence-electron chi connectivity index (χ2n) is 4.11. The minimum absolute atomic E-state index is 0. The van der Waals surface area contributed by atoms with Crippen LogP contribution in [0, 0.1) is 10.8 Å². The van der Waals surface area contributed by atoms with Crippen LogP contribution < -0.4 is 33.4 Å². The van der Waals surface area contributed by atoms with Crippen LogP contribution in [0.4, 0.5) is 0 Å². The fraction of sp³-hybridized carbons (Fsp3) is 0.800. The Morgan fingerprint density at radius 2 is 1.35 bits per heavy atom. The maximum atomic E-state index is 7.08. The molecule has 0 atom stereocenters. The summed E-state index contributed by atoms with van der Waals surface area (Å²) < 4.78 is 0. The third-order valence-electron chi connectivity index (χ3n) is 2.35. The Hall–Kier alpha value is -0.800. The SMILES string of the molecule is Cl.Cl.N=C(N)CCCCCCCCNNNNC(=N)N. The second-order valence-corrected chi connectivity index (χ2v) is 4.11. The van der Waals surface area contributed by atoms with Crippen LogP contribution in [0.3, 0.4) is 0 Å². The monoisotopic (exact) mass is 330 g/mol. The van der Waals surface area contributed by atoms with Crippen molar-refractivity contribution < 1.29 is 0 Å². The zero-order valence-electron chi connectivity index (χ0n) is 11.6. The summed E-state index contributed by atoms with van der Waals surface area (Å²) in [4.78, 5) is 0. The molecule has 0 rings (SSSR count). The molecule has 0 aliphatic rings. The molecular formula is C10H28Cl2N8. The van der Waals surface area contributed by atoms with Crippen molar-refractivity contribution in [3.8, 4) is 0 Å². The number of nitrogens with two attached hydrogens (primary N) is 2. The van der Waals surface area contributed by atoms with Gasteiger partial charge >= 0.3 is 0 Å². The van der Waals surface area contributed by atoms with Crippen molar-refractivity contribution in [1.82, 2.24) is 21.9 Å². The van der Waals surface area contributed by atoms with Crippen LogP contribution in [-0.2, 0) is 0 Å². The molecule has 20 heavy (non-hydrogen) atoms. The van der Waals surface area contributed by atoms with Gasteiger partial charge in [0.05, 0.1) is 5.84 Å². The minimum Gasteiger partial charge on any atom is -0.388 e. The number of nitrogens with one attached hydrogen (secondary N) is 6. The van der Waals surface area contributed by atoms with Crippen molar-refractivity contribution in [3.05, 3.63) is 0 Å². The molecule has 0 aliphatic heterocycles. The molecule has 0 radical (unpaired) electrons. The van der Waals surface area contributed by atoms with Gasteiger partial charge < -0.3 is 11.5 Å². The summed E-state index contributed by atoms with van der Waals surface area (Å²) in [7, 11) is 0. The van der Waals surface area contributed by atoms with E-state index in [9.17, 15) is 0 Å². The summed E-state index contributed by atoms with van der Waals surface area (Å²) in [6, 6.07) is 0. The van der Waals surface area contributed by atoms with Gasteiger partial charge in [-0.2, -0.15) is 11.1 Å². The van der Waals surface area contributed by atoms with Crippen molar-refractivity contribution >= 4 is 36.6 Å². The lowest BCUT2D eigenvalue weighted by molar-refractivity contribution is 0.403. The van der Waals surface area contributed by atoms with Gasteiger partial charge in [-0.05, 0) is 12.8 Å². The largest absolute Gasteiger partial charge is 0.388 e. The van der Waals surface area contributed by atoms with E-state index >= 15 is 0 Å². The number of amidine groups is 1. The van der Waals surface area contributed by atoms with Crippen LogP contribution in [0.2, 0.25) is 0 Å². The predicted molar refractivity (Wildman–Crippen MR) is 88.1 cm³/mol. The van der Waals surface area contributed by atoms with Gasteiger partial charge in [-0.15, -0.1) is 24.8 Å². The number of hydrazine groups is 3. The highest BCUT2D eigenvalue weighted by Crippen LogP contribution is 2.06. The predicted octanol–water partition coefficient (Wildman–Crippen LogP) is 0.494. The molecule has 0 fully saturated rings. The van der Waals surface area contributed by atoms with Crippen LogP contribution in [0.25, 0.3) is 0 Å². The van der Waals surface area contributed by atoms with E-state index in [0.717, 1.165) is 32.2 Å². The van der Waals surface area contributed by atoms with Crippen LogP contribution in [0.5, 0.6) is 0 Å². The number of hydrogen-bond donors (Lipinski definition) is 8.